The zero-order valence-electron chi connectivity index (χ0n) is 13.1. The topological polar surface area (TPSA) is 79.8 Å². The second-order valence-corrected chi connectivity index (χ2v) is 6.91. The average Bonchev–Trinajstić information content (AvgIpc) is 2.45. The fraction of sp³-hybridized carbons (Fsp3) is 0.500. The molecule has 22 heavy (non-hydrogen) atoms. The minimum atomic E-state index is -2.96. The lowest BCUT2D eigenvalue weighted by Crippen LogP contribution is -2.40. The normalized spacial score (nSPS) is 11.5. The summed E-state index contributed by atoms with van der Waals surface area (Å²) in [5.41, 5.74) is 1.19. The third-order valence-corrected chi connectivity index (χ3v) is 3.80. The molecule has 0 saturated carbocycles. The van der Waals surface area contributed by atoms with E-state index in [2.05, 4.69) is 15.6 Å². The van der Waals surface area contributed by atoms with Crippen molar-refractivity contribution in [1.29, 1.82) is 0 Å². The summed E-state index contributed by atoms with van der Waals surface area (Å²) in [7, 11) is 0.342. The van der Waals surface area contributed by atoms with Crippen LogP contribution >= 0.6 is 24.0 Å². The summed E-state index contributed by atoms with van der Waals surface area (Å²) in [6.45, 7) is 1.06. The van der Waals surface area contributed by atoms with E-state index in [9.17, 15) is 8.42 Å². The first kappa shape index (κ1) is 21.0. The van der Waals surface area contributed by atoms with Crippen molar-refractivity contribution in [2.75, 3.05) is 39.3 Å². The number of aliphatic imine (C=N–C) groups is 1. The molecule has 0 bridgehead atoms. The van der Waals surface area contributed by atoms with Crippen molar-refractivity contribution in [3.63, 3.8) is 0 Å². The predicted molar refractivity (Wildman–Crippen MR) is 101 cm³/mol. The first-order valence-corrected chi connectivity index (χ1v) is 8.76. The van der Waals surface area contributed by atoms with E-state index < -0.39 is 9.84 Å². The first-order valence-electron chi connectivity index (χ1n) is 6.70. The summed E-state index contributed by atoms with van der Waals surface area (Å²) < 4.78 is 27.2. The highest BCUT2D eigenvalue weighted by Gasteiger charge is 2.03. The molecule has 0 aliphatic heterocycles. The maximum absolute atomic E-state index is 11.0. The van der Waals surface area contributed by atoms with Crippen molar-refractivity contribution < 1.29 is 13.2 Å². The molecule has 1 rings (SSSR count). The lowest BCUT2D eigenvalue weighted by molar-refractivity contribution is 0.414. The Morgan fingerprint density at radius 2 is 1.77 bits per heavy atom. The monoisotopic (exact) mass is 441 g/mol. The van der Waals surface area contributed by atoms with Crippen molar-refractivity contribution >= 4 is 39.8 Å². The van der Waals surface area contributed by atoms with Gasteiger partial charge in [-0.1, -0.05) is 12.1 Å². The van der Waals surface area contributed by atoms with Gasteiger partial charge >= 0.3 is 0 Å². The molecule has 0 unspecified atom stereocenters. The Balaban J connectivity index is 0.00000441. The number of hydrogen-bond acceptors (Lipinski definition) is 4. The number of ether oxygens (including phenoxy) is 1. The minimum Gasteiger partial charge on any atom is -0.497 e. The Bertz CT molecular complexity index is 559. The molecule has 126 valence electrons. The van der Waals surface area contributed by atoms with Crippen LogP contribution in [0, 0.1) is 0 Å². The van der Waals surface area contributed by atoms with Crippen LogP contribution in [0.25, 0.3) is 0 Å². The second-order valence-electron chi connectivity index (χ2n) is 4.65. The molecule has 0 aromatic heterocycles. The molecule has 0 saturated heterocycles. The van der Waals surface area contributed by atoms with Crippen LogP contribution in [0.15, 0.2) is 29.3 Å². The highest BCUT2D eigenvalue weighted by molar-refractivity contribution is 14.0. The third kappa shape index (κ3) is 9.08. The quantitative estimate of drug-likeness (QED) is 0.376. The number of nitrogens with zero attached hydrogens (tertiary/aromatic N) is 1. The maximum Gasteiger partial charge on any atom is 0.191 e. The average molecular weight is 441 g/mol. The molecule has 0 aliphatic carbocycles. The largest absolute Gasteiger partial charge is 0.497 e. The number of halogens is 1. The zero-order valence-corrected chi connectivity index (χ0v) is 16.3. The highest BCUT2D eigenvalue weighted by Crippen LogP contribution is 2.11. The van der Waals surface area contributed by atoms with Gasteiger partial charge in [-0.15, -0.1) is 24.0 Å². The smallest absolute Gasteiger partial charge is 0.191 e. The molecule has 0 heterocycles. The number of methoxy groups -OCH3 is 1. The van der Waals surface area contributed by atoms with Crippen LogP contribution in [0.4, 0.5) is 0 Å². The molecule has 6 nitrogen and oxygen atoms in total. The van der Waals surface area contributed by atoms with Gasteiger partial charge < -0.3 is 15.4 Å². The SMILES string of the molecule is CN=C(NCCc1ccc(OC)cc1)NCCS(C)(=O)=O.I. The van der Waals surface area contributed by atoms with Gasteiger partial charge in [-0.3, -0.25) is 4.99 Å². The van der Waals surface area contributed by atoms with Gasteiger partial charge in [0.05, 0.1) is 12.9 Å². The van der Waals surface area contributed by atoms with E-state index in [4.69, 9.17) is 4.74 Å². The van der Waals surface area contributed by atoms with Crippen LogP contribution in [-0.2, 0) is 16.3 Å². The second kappa shape index (κ2) is 10.7. The van der Waals surface area contributed by atoms with Crippen molar-refractivity contribution in [2.24, 2.45) is 4.99 Å². The van der Waals surface area contributed by atoms with E-state index in [1.54, 1.807) is 14.2 Å². The van der Waals surface area contributed by atoms with Crippen molar-refractivity contribution in [3.8, 4) is 5.75 Å². The van der Waals surface area contributed by atoms with Crippen LogP contribution in [0.1, 0.15) is 5.56 Å². The van der Waals surface area contributed by atoms with Gasteiger partial charge in [-0.2, -0.15) is 0 Å². The number of sulfone groups is 1. The van der Waals surface area contributed by atoms with Crippen molar-refractivity contribution in [2.45, 2.75) is 6.42 Å². The van der Waals surface area contributed by atoms with Gasteiger partial charge in [0.25, 0.3) is 0 Å². The molecule has 0 atom stereocenters. The summed E-state index contributed by atoms with van der Waals surface area (Å²) in [6.07, 6.45) is 2.06. The Morgan fingerprint density at radius 1 is 1.18 bits per heavy atom. The van der Waals surface area contributed by atoms with Crippen molar-refractivity contribution in [3.05, 3.63) is 29.8 Å². The van der Waals surface area contributed by atoms with E-state index in [1.165, 1.54) is 11.8 Å². The van der Waals surface area contributed by atoms with Gasteiger partial charge in [0, 0.05) is 26.4 Å². The molecule has 0 amide bonds. The predicted octanol–water partition coefficient (Wildman–Crippen LogP) is 1.07. The van der Waals surface area contributed by atoms with E-state index in [0.29, 0.717) is 19.0 Å². The van der Waals surface area contributed by atoms with Gasteiger partial charge in [0.1, 0.15) is 15.6 Å². The third-order valence-electron chi connectivity index (χ3n) is 2.85. The van der Waals surface area contributed by atoms with Gasteiger partial charge in [0.2, 0.25) is 0 Å². The molecule has 0 radical (unpaired) electrons. The first-order chi connectivity index (χ1) is 9.94. The molecule has 1 aromatic rings. The summed E-state index contributed by atoms with van der Waals surface area (Å²) in [4.78, 5) is 4.05. The highest BCUT2D eigenvalue weighted by atomic mass is 127. The van der Waals surface area contributed by atoms with Crippen LogP contribution in [0.3, 0.4) is 0 Å². The van der Waals surface area contributed by atoms with Gasteiger partial charge in [-0.25, -0.2) is 8.42 Å². The van der Waals surface area contributed by atoms with Crippen molar-refractivity contribution in [1.82, 2.24) is 10.6 Å². The number of guanidine groups is 1. The Hall–Kier alpha value is -1.03. The fourth-order valence-electron chi connectivity index (χ4n) is 1.69. The zero-order chi connectivity index (χ0) is 15.7. The summed E-state index contributed by atoms with van der Waals surface area (Å²) in [5, 5.41) is 6.12. The number of rotatable bonds is 7. The molecular weight excluding hydrogens is 417 g/mol. The lowest BCUT2D eigenvalue weighted by Gasteiger charge is -2.11. The molecule has 0 fully saturated rings. The van der Waals surface area contributed by atoms with Gasteiger partial charge in [0.15, 0.2) is 5.96 Å². The van der Waals surface area contributed by atoms with E-state index in [-0.39, 0.29) is 29.7 Å². The van der Waals surface area contributed by atoms with E-state index >= 15 is 0 Å². The summed E-state index contributed by atoms with van der Waals surface area (Å²) in [6, 6.07) is 7.88. The maximum atomic E-state index is 11.0. The van der Waals surface area contributed by atoms with Crippen LogP contribution in [0.2, 0.25) is 0 Å². The summed E-state index contributed by atoms with van der Waals surface area (Å²) >= 11 is 0. The summed E-state index contributed by atoms with van der Waals surface area (Å²) in [5.74, 6) is 1.53. The van der Waals surface area contributed by atoms with E-state index in [0.717, 1.165) is 12.2 Å². The van der Waals surface area contributed by atoms with Crippen LogP contribution in [0.5, 0.6) is 5.75 Å². The minimum absolute atomic E-state index is 0. The standard InChI is InChI=1S/C14H23N3O3S.HI/c1-15-14(17-10-11-21(3,18)19)16-9-8-12-4-6-13(20-2)7-5-12;/h4-7H,8-11H2,1-3H3,(H2,15,16,17);1H. The fourth-order valence-corrected chi connectivity index (χ4v) is 2.17. The number of hydrogen-bond donors (Lipinski definition) is 2. The molecule has 0 aliphatic rings. The van der Waals surface area contributed by atoms with Crippen LogP contribution in [-0.4, -0.2) is 53.6 Å². The van der Waals surface area contributed by atoms with Crippen LogP contribution < -0.4 is 15.4 Å². The van der Waals surface area contributed by atoms with Gasteiger partial charge in [-0.05, 0) is 24.1 Å². The Kier molecular flexibility index (Phi) is 10.2. The molecular formula is C14H24IN3O3S. The van der Waals surface area contributed by atoms with E-state index in [1.807, 2.05) is 24.3 Å². The molecule has 2 N–H and O–H groups in total. The Labute approximate surface area is 149 Å². The number of benzene rings is 1. The number of nitrogens with one attached hydrogen (secondary N) is 2. The Morgan fingerprint density at radius 3 is 2.27 bits per heavy atom. The molecule has 1 aromatic carbocycles. The molecule has 0 spiro atoms. The molecule has 8 heteroatoms. The lowest BCUT2D eigenvalue weighted by atomic mass is 10.1.